The summed E-state index contributed by atoms with van der Waals surface area (Å²) >= 11 is 0. The molecule has 68 heavy (non-hydrogen) atoms. The van der Waals surface area contributed by atoms with Crippen molar-refractivity contribution in [1.29, 1.82) is 10.5 Å². The van der Waals surface area contributed by atoms with Crippen molar-refractivity contribution in [1.82, 2.24) is 4.57 Å². The number of carbonyl (C=O) groups is 2. The van der Waals surface area contributed by atoms with Crippen molar-refractivity contribution in [2.24, 2.45) is 27.2 Å². The number of nitriles is 2. The molecule has 3 aromatic carbocycles. The molecule has 1 aromatic heterocycles. The highest BCUT2D eigenvalue weighted by Gasteiger charge is 2.41. The van der Waals surface area contributed by atoms with E-state index in [1.807, 2.05) is 26.0 Å². The number of hydrogen-bond acceptors (Lipinski definition) is 16. The van der Waals surface area contributed by atoms with Crippen LogP contribution in [0.15, 0.2) is 114 Å². The third kappa shape index (κ3) is 12.1. The van der Waals surface area contributed by atoms with Crippen molar-refractivity contribution in [3.63, 3.8) is 0 Å². The van der Waals surface area contributed by atoms with E-state index in [4.69, 9.17) is 8.37 Å². The number of carbonyl (C=O) groups excluding carboxylic acids is 2. The van der Waals surface area contributed by atoms with Crippen molar-refractivity contribution in [2.45, 2.75) is 109 Å². The van der Waals surface area contributed by atoms with Gasteiger partial charge in [0, 0.05) is 11.1 Å². The highest BCUT2D eigenvalue weighted by Crippen LogP contribution is 2.34. The second-order valence-corrected chi connectivity index (χ2v) is 19.6. The fourth-order valence-electron chi connectivity index (χ4n) is 7.52. The number of pyridine rings is 1. The average molecular weight is 966 g/mol. The van der Waals surface area contributed by atoms with Gasteiger partial charge in [0.05, 0.1) is 40.1 Å². The molecule has 1 aliphatic rings. The van der Waals surface area contributed by atoms with Crippen LogP contribution in [0.3, 0.4) is 0 Å². The van der Waals surface area contributed by atoms with E-state index in [-0.39, 0.29) is 91.1 Å². The molecule has 19 heteroatoms. The molecule has 0 radical (unpaired) electrons. The Morgan fingerprint density at radius 3 is 1.93 bits per heavy atom. The van der Waals surface area contributed by atoms with E-state index < -0.39 is 49.2 Å². The molecule has 0 bridgehead atoms. The van der Waals surface area contributed by atoms with Crippen molar-refractivity contribution in [2.75, 3.05) is 18.6 Å². The molecule has 5 rings (SSSR count). The predicted molar refractivity (Wildman–Crippen MR) is 255 cm³/mol. The molecule has 1 aliphatic carbocycles. The van der Waals surface area contributed by atoms with Gasteiger partial charge < -0.3 is 5.11 Å². The maximum Gasteiger partial charge on any atom is 0.297 e. The molecule has 0 fully saturated rings. The van der Waals surface area contributed by atoms with Gasteiger partial charge in [0.2, 0.25) is 5.88 Å². The Balaban J connectivity index is 1.46. The zero-order valence-corrected chi connectivity index (χ0v) is 40.5. The number of Topliss-reactive ketones (excluding diaryl/α,β-unsaturated/α-hetero) is 2. The number of unbranched alkanes of at least 4 members (excludes halogenated alkanes) is 2. The lowest BCUT2D eigenvalue weighted by atomic mass is 9.77. The first-order valence-corrected chi connectivity index (χ1v) is 25.2. The smallest absolute Gasteiger partial charge is 0.297 e. The molecule has 2 N–H and O–H groups in total. The molecular weight excluding hydrogens is 911 g/mol. The normalized spacial score (nSPS) is 15.9. The number of ketones is 2. The van der Waals surface area contributed by atoms with E-state index in [0.29, 0.717) is 0 Å². The molecule has 3 atom stereocenters. The lowest BCUT2D eigenvalue weighted by molar-refractivity contribution is -0.124. The molecule has 3 unspecified atom stereocenters. The average Bonchev–Trinajstić information content (AvgIpc) is 3.32. The van der Waals surface area contributed by atoms with Crippen LogP contribution < -0.4 is 11.0 Å². The highest BCUT2D eigenvalue weighted by molar-refractivity contribution is 7.87. The maximum absolute atomic E-state index is 14.2. The Hall–Kier alpha value is -6.64. The van der Waals surface area contributed by atoms with Crippen LogP contribution in [0.4, 0.5) is 17.1 Å². The van der Waals surface area contributed by atoms with Crippen LogP contribution in [0.25, 0.3) is 5.69 Å². The lowest BCUT2D eigenvalue weighted by Gasteiger charge is -2.23. The molecule has 0 saturated heterocycles. The second-order valence-electron chi connectivity index (χ2n) is 16.4. The summed E-state index contributed by atoms with van der Waals surface area (Å²) in [7, 11) is -8.34. The Morgan fingerprint density at radius 2 is 1.35 bits per heavy atom. The van der Waals surface area contributed by atoms with Crippen LogP contribution in [-0.4, -0.2) is 57.0 Å². The van der Waals surface area contributed by atoms with E-state index in [0.717, 1.165) is 55.9 Å². The van der Waals surface area contributed by atoms with E-state index in [2.05, 4.69) is 34.6 Å². The Bertz CT molecular complexity index is 3020. The molecule has 0 amide bonds. The van der Waals surface area contributed by atoms with E-state index in [1.54, 1.807) is 0 Å². The van der Waals surface area contributed by atoms with Gasteiger partial charge in [-0.1, -0.05) is 90.5 Å². The molecule has 1 heterocycles. The summed E-state index contributed by atoms with van der Waals surface area (Å²) < 4.78 is 64.1. The van der Waals surface area contributed by atoms with Crippen LogP contribution in [0.2, 0.25) is 0 Å². The quantitative estimate of drug-likeness (QED) is 0.0322. The number of rotatable bonds is 22. The number of nitrogens with one attached hydrogen (secondary N) is 1. The minimum Gasteiger partial charge on any atom is -0.493 e. The first kappa shape index (κ1) is 52.3. The molecule has 358 valence electrons. The number of anilines is 1. The largest absolute Gasteiger partial charge is 0.493 e. The van der Waals surface area contributed by atoms with Gasteiger partial charge in [-0.3, -0.25) is 28.2 Å². The minimum absolute atomic E-state index is 0.00410. The molecule has 17 nitrogen and oxygen atoms in total. The van der Waals surface area contributed by atoms with Crippen molar-refractivity contribution in [3.05, 3.63) is 111 Å². The Labute approximate surface area is 397 Å². The zero-order valence-electron chi connectivity index (χ0n) is 38.9. The summed E-state index contributed by atoms with van der Waals surface area (Å²) in [4.78, 5) is 41.9. The van der Waals surface area contributed by atoms with Crippen LogP contribution in [-0.2, 0) is 38.2 Å². The minimum atomic E-state index is -4.18. The third-order valence-electron chi connectivity index (χ3n) is 11.8. The van der Waals surface area contributed by atoms with Crippen LogP contribution in [0.5, 0.6) is 5.88 Å². The summed E-state index contributed by atoms with van der Waals surface area (Å²) in [6.45, 7) is 10.8. The summed E-state index contributed by atoms with van der Waals surface area (Å²) in [5, 5.41) is 44.0. The van der Waals surface area contributed by atoms with E-state index in [9.17, 15) is 46.8 Å². The van der Waals surface area contributed by atoms with Crippen molar-refractivity contribution in [3.8, 4) is 23.7 Å². The van der Waals surface area contributed by atoms with Gasteiger partial charge in [0.15, 0.2) is 17.3 Å². The fourth-order valence-corrected chi connectivity index (χ4v) is 9.56. The Morgan fingerprint density at radius 1 is 0.765 bits per heavy atom. The summed E-state index contributed by atoms with van der Waals surface area (Å²) in [6.07, 6.45) is 6.97. The van der Waals surface area contributed by atoms with Gasteiger partial charge in [0.1, 0.15) is 34.9 Å². The van der Waals surface area contributed by atoms with Crippen LogP contribution >= 0.6 is 0 Å². The predicted octanol–water partition coefficient (Wildman–Crippen LogP) is 9.53. The highest BCUT2D eigenvalue weighted by atomic mass is 32.2. The summed E-state index contributed by atoms with van der Waals surface area (Å²) in [5.74, 6) is -4.00. The zero-order chi connectivity index (χ0) is 49.8. The number of aromatic nitrogens is 1. The van der Waals surface area contributed by atoms with Gasteiger partial charge in [-0.05, 0) is 92.6 Å². The molecule has 4 aromatic rings. The number of benzene rings is 3. The molecule has 0 spiro atoms. The monoisotopic (exact) mass is 965 g/mol. The second kappa shape index (κ2) is 23.4. The molecule has 0 saturated carbocycles. The molecule has 0 aliphatic heterocycles. The van der Waals surface area contributed by atoms with E-state index in [1.165, 1.54) is 86.6 Å². The number of azo groups is 1. The topological polar surface area (TPSA) is 260 Å². The third-order valence-corrected chi connectivity index (χ3v) is 14.3. The van der Waals surface area contributed by atoms with Crippen molar-refractivity contribution < 1.29 is 39.9 Å². The van der Waals surface area contributed by atoms with Crippen molar-refractivity contribution >= 4 is 54.6 Å². The lowest BCUT2D eigenvalue weighted by Crippen LogP contribution is -2.36. The van der Waals surface area contributed by atoms with Gasteiger partial charge in [-0.15, -0.1) is 5.11 Å². The van der Waals surface area contributed by atoms with Crippen LogP contribution in [0.1, 0.15) is 109 Å². The van der Waals surface area contributed by atoms with Gasteiger partial charge in [0.25, 0.3) is 25.8 Å². The first-order chi connectivity index (χ1) is 32.5. The molecular formula is C49H55N7O10S2. The number of allylic oxidation sites excluding steroid dienone is 2. The van der Waals surface area contributed by atoms with Gasteiger partial charge in [-0.2, -0.15) is 37.6 Å². The van der Waals surface area contributed by atoms with Crippen LogP contribution in [0, 0.1) is 41.4 Å². The maximum atomic E-state index is 14.2. The number of nitrogens with zero attached hydrogens (tertiary/aromatic N) is 6. The SMILES string of the molecule is CCCCC(CC)COS(=O)(=O)c1cccc(N=Nc2c(C)c(C#N)c(O)n(-c3cccc(C4C(=O)C(=NNc5cccc(S(=O)(=O)OCC(CC)CCCC)c5)C(C)=C(C#N)C4=O)c3)c2=O)c1. The summed E-state index contributed by atoms with van der Waals surface area (Å²) in [5.41, 5.74) is 0.365. The Kier molecular flexibility index (Phi) is 18.0. The van der Waals surface area contributed by atoms with E-state index >= 15 is 0 Å². The summed E-state index contributed by atoms with van der Waals surface area (Å²) in [6, 6.07) is 20.2. The van der Waals surface area contributed by atoms with Gasteiger partial charge >= 0.3 is 0 Å². The fraction of sp³-hybridized carbons (Fsp3) is 0.388. The van der Waals surface area contributed by atoms with Gasteiger partial charge in [-0.25, -0.2) is 4.57 Å². The number of aromatic hydroxyl groups is 1. The first-order valence-electron chi connectivity index (χ1n) is 22.4. The number of hydrazone groups is 1. The standard InChI is InChI=1S/C49H55N7O10S2/c1-7-11-16-33(9-3)29-65-67(61,62)39-22-14-19-36(25-39)52-54-44-31(5)41(27-50)46(57)43(47(44)58)35-18-13-21-38(24-35)56-48(59)42(28-51)32(6)45(49(56)60)55-53-37-20-15-23-40(26-37)68(63,64)66-30-34(10-4)17-12-8-2/h13-15,18-26,33-34,43,52,59H,7-12,16-17,29-30H2,1-6H3. The number of hydrogen-bond donors (Lipinski definition) is 2.